The Balaban J connectivity index is 2.06. The van der Waals surface area contributed by atoms with Crippen LogP contribution in [0.1, 0.15) is 34.6 Å². The molecule has 19 heavy (non-hydrogen) atoms. The van der Waals surface area contributed by atoms with E-state index in [0.717, 1.165) is 11.3 Å². The standard InChI is InChI=1S/C14H17N3OS/c1-9(11-4-6-12(19-3)7-5-11)16-14(18)13-8-15-17-10(13)2/h4-9H,1-3H3,(H,15,17)(H,16,18)/t9-/m1/s1. The number of amides is 1. The molecule has 0 fully saturated rings. The van der Waals surface area contributed by atoms with Gasteiger partial charge in [-0.05, 0) is 37.8 Å². The maximum atomic E-state index is 12.1. The second-order valence-corrected chi connectivity index (χ2v) is 5.26. The van der Waals surface area contributed by atoms with E-state index in [-0.39, 0.29) is 11.9 Å². The Morgan fingerprint density at radius 2 is 2.05 bits per heavy atom. The number of aryl methyl sites for hydroxylation is 1. The number of hydrogen-bond acceptors (Lipinski definition) is 3. The molecule has 0 saturated carbocycles. The lowest BCUT2D eigenvalue weighted by Crippen LogP contribution is -2.26. The van der Waals surface area contributed by atoms with Crippen LogP contribution in [0, 0.1) is 6.92 Å². The van der Waals surface area contributed by atoms with Gasteiger partial charge in [0, 0.05) is 10.6 Å². The average Bonchev–Trinajstić information content (AvgIpc) is 2.85. The highest BCUT2D eigenvalue weighted by atomic mass is 32.2. The van der Waals surface area contributed by atoms with Gasteiger partial charge in [-0.25, -0.2) is 0 Å². The fourth-order valence-electron chi connectivity index (χ4n) is 1.83. The van der Waals surface area contributed by atoms with Gasteiger partial charge in [-0.3, -0.25) is 9.89 Å². The highest BCUT2D eigenvalue weighted by molar-refractivity contribution is 7.98. The van der Waals surface area contributed by atoms with E-state index in [1.807, 2.05) is 32.2 Å². The molecule has 1 aromatic heterocycles. The van der Waals surface area contributed by atoms with Gasteiger partial charge in [-0.2, -0.15) is 5.10 Å². The number of rotatable bonds is 4. The van der Waals surface area contributed by atoms with Crippen LogP contribution in [-0.2, 0) is 0 Å². The zero-order chi connectivity index (χ0) is 13.8. The third-order valence-corrected chi connectivity index (χ3v) is 3.78. The molecule has 1 amide bonds. The first-order chi connectivity index (χ1) is 9.11. The van der Waals surface area contributed by atoms with E-state index < -0.39 is 0 Å². The third-order valence-electron chi connectivity index (χ3n) is 3.04. The Bertz CT molecular complexity index is 562. The number of aromatic amines is 1. The molecular formula is C14H17N3OS. The van der Waals surface area contributed by atoms with Crippen molar-refractivity contribution in [2.24, 2.45) is 0 Å². The molecule has 0 unspecified atom stereocenters. The molecular weight excluding hydrogens is 258 g/mol. The second-order valence-electron chi connectivity index (χ2n) is 4.38. The molecule has 0 radical (unpaired) electrons. The fourth-order valence-corrected chi connectivity index (χ4v) is 2.24. The Labute approximate surface area is 117 Å². The molecule has 0 aliphatic rings. The van der Waals surface area contributed by atoms with E-state index in [0.29, 0.717) is 5.56 Å². The summed E-state index contributed by atoms with van der Waals surface area (Å²) in [6.07, 6.45) is 3.59. The number of carbonyl (C=O) groups excluding carboxylic acids is 1. The van der Waals surface area contributed by atoms with Crippen LogP contribution in [0.2, 0.25) is 0 Å². The molecule has 4 nitrogen and oxygen atoms in total. The Hall–Kier alpha value is -1.75. The van der Waals surface area contributed by atoms with E-state index in [4.69, 9.17) is 0 Å². The number of H-pyrrole nitrogens is 1. The largest absolute Gasteiger partial charge is 0.345 e. The molecule has 1 atom stereocenters. The predicted octanol–water partition coefficient (Wildman–Crippen LogP) is 2.93. The van der Waals surface area contributed by atoms with Crippen molar-refractivity contribution in [2.75, 3.05) is 6.26 Å². The molecule has 0 aliphatic carbocycles. The van der Waals surface area contributed by atoms with Crippen LogP contribution in [0.25, 0.3) is 0 Å². The zero-order valence-electron chi connectivity index (χ0n) is 11.2. The number of hydrogen-bond donors (Lipinski definition) is 2. The smallest absolute Gasteiger partial charge is 0.255 e. The number of benzene rings is 1. The first-order valence-electron chi connectivity index (χ1n) is 6.06. The molecule has 100 valence electrons. The molecule has 0 saturated heterocycles. The molecule has 5 heteroatoms. The number of carbonyl (C=O) groups is 1. The van der Waals surface area contributed by atoms with Crippen molar-refractivity contribution in [1.82, 2.24) is 15.5 Å². The SMILES string of the molecule is CSc1ccc([C@@H](C)NC(=O)c2cn[nH]c2C)cc1. The van der Waals surface area contributed by atoms with Gasteiger partial charge in [-0.15, -0.1) is 11.8 Å². The van der Waals surface area contributed by atoms with Crippen LogP contribution < -0.4 is 5.32 Å². The summed E-state index contributed by atoms with van der Waals surface area (Å²) in [6, 6.07) is 8.17. The minimum absolute atomic E-state index is 0.0299. The van der Waals surface area contributed by atoms with E-state index in [9.17, 15) is 4.79 Å². The summed E-state index contributed by atoms with van der Waals surface area (Å²) >= 11 is 1.70. The summed E-state index contributed by atoms with van der Waals surface area (Å²) in [5, 5.41) is 9.59. The van der Waals surface area contributed by atoms with Crippen molar-refractivity contribution in [1.29, 1.82) is 0 Å². The van der Waals surface area contributed by atoms with Crippen LogP contribution in [0.5, 0.6) is 0 Å². The van der Waals surface area contributed by atoms with Gasteiger partial charge >= 0.3 is 0 Å². The van der Waals surface area contributed by atoms with Crippen LogP contribution >= 0.6 is 11.8 Å². The molecule has 2 N–H and O–H groups in total. The second kappa shape index (κ2) is 5.93. The Kier molecular flexibility index (Phi) is 4.27. The van der Waals surface area contributed by atoms with Gasteiger partial charge in [0.1, 0.15) is 0 Å². The average molecular weight is 275 g/mol. The normalized spacial score (nSPS) is 12.2. The molecule has 0 bridgehead atoms. The van der Waals surface area contributed by atoms with E-state index in [1.165, 1.54) is 4.90 Å². The van der Waals surface area contributed by atoms with Crippen molar-refractivity contribution in [3.63, 3.8) is 0 Å². The summed E-state index contributed by atoms with van der Waals surface area (Å²) < 4.78 is 0. The molecule has 0 aliphatic heterocycles. The third kappa shape index (κ3) is 3.17. The van der Waals surface area contributed by atoms with Crippen molar-refractivity contribution >= 4 is 17.7 Å². The van der Waals surface area contributed by atoms with Gasteiger partial charge in [0.15, 0.2) is 0 Å². The topological polar surface area (TPSA) is 57.8 Å². The van der Waals surface area contributed by atoms with E-state index >= 15 is 0 Å². The first kappa shape index (κ1) is 13.7. The van der Waals surface area contributed by atoms with E-state index in [2.05, 4.69) is 27.6 Å². The number of thioether (sulfide) groups is 1. The molecule has 2 aromatic rings. The fraction of sp³-hybridized carbons (Fsp3) is 0.286. The Morgan fingerprint density at radius 1 is 1.37 bits per heavy atom. The first-order valence-corrected chi connectivity index (χ1v) is 7.29. The van der Waals surface area contributed by atoms with Crippen molar-refractivity contribution in [3.05, 3.63) is 47.3 Å². The predicted molar refractivity (Wildman–Crippen MR) is 77.4 cm³/mol. The summed E-state index contributed by atoms with van der Waals surface area (Å²) in [6.45, 7) is 3.81. The van der Waals surface area contributed by atoms with E-state index in [1.54, 1.807) is 18.0 Å². The van der Waals surface area contributed by atoms with Crippen LogP contribution in [0.15, 0.2) is 35.4 Å². The summed E-state index contributed by atoms with van der Waals surface area (Å²) in [7, 11) is 0. The van der Waals surface area contributed by atoms with Crippen molar-refractivity contribution in [3.8, 4) is 0 Å². The molecule has 1 aromatic carbocycles. The summed E-state index contributed by atoms with van der Waals surface area (Å²) in [4.78, 5) is 13.3. The minimum atomic E-state index is -0.104. The molecule has 1 heterocycles. The highest BCUT2D eigenvalue weighted by Crippen LogP contribution is 2.19. The lowest BCUT2D eigenvalue weighted by atomic mass is 10.1. The van der Waals surface area contributed by atoms with Gasteiger partial charge < -0.3 is 5.32 Å². The summed E-state index contributed by atoms with van der Waals surface area (Å²) in [5.74, 6) is -0.104. The quantitative estimate of drug-likeness (QED) is 0.843. The molecule has 2 rings (SSSR count). The van der Waals surface area contributed by atoms with Gasteiger partial charge in [0.25, 0.3) is 5.91 Å². The number of nitrogens with zero attached hydrogens (tertiary/aromatic N) is 1. The van der Waals surface area contributed by atoms with Gasteiger partial charge in [-0.1, -0.05) is 12.1 Å². The highest BCUT2D eigenvalue weighted by Gasteiger charge is 2.14. The van der Waals surface area contributed by atoms with Crippen LogP contribution in [-0.4, -0.2) is 22.4 Å². The lowest BCUT2D eigenvalue weighted by molar-refractivity contribution is 0.0939. The van der Waals surface area contributed by atoms with Crippen molar-refractivity contribution in [2.45, 2.75) is 24.8 Å². The monoisotopic (exact) mass is 275 g/mol. The van der Waals surface area contributed by atoms with Gasteiger partial charge in [0.05, 0.1) is 17.8 Å². The zero-order valence-corrected chi connectivity index (χ0v) is 12.0. The van der Waals surface area contributed by atoms with Gasteiger partial charge in [0.2, 0.25) is 0 Å². The van der Waals surface area contributed by atoms with Crippen LogP contribution in [0.4, 0.5) is 0 Å². The number of aromatic nitrogens is 2. The number of nitrogens with one attached hydrogen (secondary N) is 2. The minimum Gasteiger partial charge on any atom is -0.345 e. The Morgan fingerprint density at radius 3 is 2.58 bits per heavy atom. The molecule has 0 spiro atoms. The maximum Gasteiger partial charge on any atom is 0.255 e. The van der Waals surface area contributed by atoms with Crippen molar-refractivity contribution < 1.29 is 4.79 Å². The lowest BCUT2D eigenvalue weighted by Gasteiger charge is -2.14. The summed E-state index contributed by atoms with van der Waals surface area (Å²) in [5.41, 5.74) is 2.46. The van der Waals surface area contributed by atoms with Crippen LogP contribution in [0.3, 0.4) is 0 Å². The maximum absolute atomic E-state index is 12.1.